The number of rotatable bonds is 1. The standard InChI is InChI=1S/C10H15F3N4/c1-6(2)16-4-7(3)17-8(5-16)14-15-9(17)10(11,12)13/h6-7H,4-5H2,1-3H3/t7-/m1/s1. The van der Waals surface area contributed by atoms with Crippen LogP contribution in [0.3, 0.4) is 0 Å². The molecule has 4 nitrogen and oxygen atoms in total. The van der Waals surface area contributed by atoms with Crippen molar-refractivity contribution in [1.29, 1.82) is 0 Å². The smallest absolute Gasteiger partial charge is 0.302 e. The van der Waals surface area contributed by atoms with Crippen LogP contribution < -0.4 is 0 Å². The van der Waals surface area contributed by atoms with Crippen LogP contribution in [0.15, 0.2) is 0 Å². The first-order chi connectivity index (χ1) is 7.80. The zero-order chi connectivity index (χ0) is 12.8. The molecule has 0 saturated carbocycles. The van der Waals surface area contributed by atoms with Crippen molar-refractivity contribution in [2.45, 2.75) is 45.6 Å². The molecule has 1 aromatic rings. The summed E-state index contributed by atoms with van der Waals surface area (Å²) in [6.45, 7) is 6.81. The zero-order valence-corrected chi connectivity index (χ0v) is 9.99. The van der Waals surface area contributed by atoms with Gasteiger partial charge in [-0.3, -0.25) is 4.90 Å². The van der Waals surface area contributed by atoms with Crippen LogP contribution >= 0.6 is 0 Å². The normalized spacial score (nSPS) is 21.9. The molecule has 1 atom stereocenters. The topological polar surface area (TPSA) is 34.0 Å². The van der Waals surface area contributed by atoms with Gasteiger partial charge in [-0.15, -0.1) is 10.2 Å². The van der Waals surface area contributed by atoms with Gasteiger partial charge in [0.25, 0.3) is 0 Å². The van der Waals surface area contributed by atoms with Crippen molar-refractivity contribution in [3.05, 3.63) is 11.6 Å². The van der Waals surface area contributed by atoms with E-state index in [2.05, 4.69) is 15.1 Å². The van der Waals surface area contributed by atoms with Crippen LogP contribution in [0.1, 0.15) is 38.5 Å². The molecular formula is C10H15F3N4. The molecule has 0 bridgehead atoms. The number of alkyl halides is 3. The first-order valence-corrected chi connectivity index (χ1v) is 5.55. The van der Waals surface area contributed by atoms with Crippen molar-refractivity contribution in [3.8, 4) is 0 Å². The SMILES string of the molecule is CC(C)N1Cc2nnc(C(F)(F)F)n2[C@H](C)C1. The molecule has 17 heavy (non-hydrogen) atoms. The Morgan fingerprint density at radius 2 is 1.94 bits per heavy atom. The van der Waals surface area contributed by atoms with Crippen molar-refractivity contribution in [2.24, 2.45) is 0 Å². The summed E-state index contributed by atoms with van der Waals surface area (Å²) in [5.41, 5.74) is 0. The minimum Gasteiger partial charge on any atom is -0.302 e. The van der Waals surface area contributed by atoms with Gasteiger partial charge in [-0.1, -0.05) is 0 Å². The highest BCUT2D eigenvalue weighted by atomic mass is 19.4. The maximum Gasteiger partial charge on any atom is 0.451 e. The van der Waals surface area contributed by atoms with E-state index in [0.29, 0.717) is 18.9 Å². The third-order valence-electron chi connectivity index (χ3n) is 3.03. The molecule has 0 N–H and O–H groups in total. The van der Waals surface area contributed by atoms with Gasteiger partial charge in [0.05, 0.1) is 6.54 Å². The molecule has 96 valence electrons. The monoisotopic (exact) mass is 248 g/mol. The van der Waals surface area contributed by atoms with Crippen LogP contribution in [-0.2, 0) is 12.7 Å². The summed E-state index contributed by atoms with van der Waals surface area (Å²) < 4.78 is 39.3. The lowest BCUT2D eigenvalue weighted by molar-refractivity contribution is -0.148. The van der Waals surface area contributed by atoms with Gasteiger partial charge in [-0.2, -0.15) is 13.2 Å². The van der Waals surface area contributed by atoms with Crippen LogP contribution in [0, 0.1) is 0 Å². The molecule has 0 amide bonds. The maximum atomic E-state index is 12.7. The average molecular weight is 248 g/mol. The molecule has 0 aromatic carbocycles. The van der Waals surface area contributed by atoms with Gasteiger partial charge in [0, 0.05) is 18.6 Å². The molecule has 2 heterocycles. The van der Waals surface area contributed by atoms with E-state index in [9.17, 15) is 13.2 Å². The minimum absolute atomic E-state index is 0.257. The van der Waals surface area contributed by atoms with E-state index in [1.54, 1.807) is 6.92 Å². The van der Waals surface area contributed by atoms with Gasteiger partial charge in [0.2, 0.25) is 5.82 Å². The molecule has 0 radical (unpaired) electrons. The van der Waals surface area contributed by atoms with Crippen LogP contribution in [-0.4, -0.2) is 32.3 Å². The van der Waals surface area contributed by atoms with Gasteiger partial charge in [0.1, 0.15) is 5.82 Å². The van der Waals surface area contributed by atoms with E-state index < -0.39 is 12.0 Å². The first kappa shape index (κ1) is 12.3. The minimum atomic E-state index is -4.43. The van der Waals surface area contributed by atoms with E-state index in [0.717, 1.165) is 0 Å². The molecule has 1 aromatic heterocycles. The summed E-state index contributed by atoms with van der Waals surface area (Å²) in [6.07, 6.45) is -4.43. The van der Waals surface area contributed by atoms with Crippen LogP contribution in [0.4, 0.5) is 13.2 Å². The highest BCUT2D eigenvalue weighted by molar-refractivity contribution is 5.05. The molecule has 1 aliphatic rings. The predicted octanol–water partition coefficient (Wildman–Crippen LogP) is 2.08. The zero-order valence-electron chi connectivity index (χ0n) is 9.99. The Kier molecular flexibility index (Phi) is 2.89. The largest absolute Gasteiger partial charge is 0.451 e. The van der Waals surface area contributed by atoms with Crippen LogP contribution in [0.2, 0.25) is 0 Å². The van der Waals surface area contributed by atoms with E-state index in [-0.39, 0.29) is 12.1 Å². The van der Waals surface area contributed by atoms with Crippen molar-refractivity contribution < 1.29 is 13.2 Å². The van der Waals surface area contributed by atoms with Crippen LogP contribution in [0.5, 0.6) is 0 Å². The third-order valence-corrected chi connectivity index (χ3v) is 3.03. The van der Waals surface area contributed by atoms with Crippen molar-refractivity contribution in [3.63, 3.8) is 0 Å². The molecule has 0 spiro atoms. The average Bonchev–Trinajstić information content (AvgIpc) is 2.60. The quantitative estimate of drug-likeness (QED) is 0.763. The van der Waals surface area contributed by atoms with E-state index >= 15 is 0 Å². The van der Waals surface area contributed by atoms with E-state index in [4.69, 9.17) is 0 Å². The lowest BCUT2D eigenvalue weighted by atomic mass is 10.2. The molecule has 0 unspecified atom stereocenters. The number of hydrogen-bond donors (Lipinski definition) is 0. The number of aromatic nitrogens is 3. The fraction of sp³-hybridized carbons (Fsp3) is 0.800. The Morgan fingerprint density at radius 3 is 2.47 bits per heavy atom. The number of nitrogens with zero attached hydrogens (tertiary/aromatic N) is 4. The maximum absolute atomic E-state index is 12.7. The lowest BCUT2D eigenvalue weighted by Gasteiger charge is -2.35. The molecule has 1 aliphatic heterocycles. The Bertz CT molecular complexity index is 410. The van der Waals surface area contributed by atoms with Gasteiger partial charge in [-0.25, -0.2) is 0 Å². The number of hydrogen-bond acceptors (Lipinski definition) is 3. The molecule has 0 fully saturated rings. The number of halogens is 3. The van der Waals surface area contributed by atoms with E-state index in [1.165, 1.54) is 4.57 Å². The summed E-state index contributed by atoms with van der Waals surface area (Å²) in [5.74, 6) is -0.492. The first-order valence-electron chi connectivity index (χ1n) is 5.55. The summed E-state index contributed by atoms with van der Waals surface area (Å²) in [5, 5.41) is 6.93. The summed E-state index contributed by atoms with van der Waals surface area (Å²) in [4.78, 5) is 2.09. The third kappa shape index (κ3) is 2.15. The Labute approximate surface area is 97.4 Å². The molecular weight excluding hydrogens is 233 g/mol. The highest BCUT2D eigenvalue weighted by Gasteiger charge is 2.41. The molecule has 0 aliphatic carbocycles. The van der Waals surface area contributed by atoms with Crippen LogP contribution in [0.25, 0.3) is 0 Å². The summed E-state index contributed by atoms with van der Waals surface area (Å²) >= 11 is 0. The predicted molar refractivity (Wildman–Crippen MR) is 55.3 cm³/mol. The Balaban J connectivity index is 2.37. The summed E-state index contributed by atoms with van der Waals surface area (Å²) in [6, 6.07) is 0.0324. The fourth-order valence-electron chi connectivity index (χ4n) is 2.15. The molecule has 7 heteroatoms. The lowest BCUT2D eigenvalue weighted by Crippen LogP contribution is -2.41. The van der Waals surface area contributed by atoms with Gasteiger partial charge in [-0.05, 0) is 20.8 Å². The Morgan fingerprint density at radius 1 is 1.29 bits per heavy atom. The van der Waals surface area contributed by atoms with Gasteiger partial charge < -0.3 is 4.57 Å². The Hall–Kier alpha value is -1.11. The molecule has 2 rings (SSSR count). The van der Waals surface area contributed by atoms with Gasteiger partial charge >= 0.3 is 6.18 Å². The molecule has 0 saturated heterocycles. The second-order valence-electron chi connectivity index (χ2n) is 4.68. The second kappa shape index (κ2) is 3.97. The number of fused-ring (bicyclic) bond motifs is 1. The second-order valence-corrected chi connectivity index (χ2v) is 4.68. The van der Waals surface area contributed by atoms with Gasteiger partial charge in [0.15, 0.2) is 0 Å². The van der Waals surface area contributed by atoms with Crippen molar-refractivity contribution in [1.82, 2.24) is 19.7 Å². The van der Waals surface area contributed by atoms with E-state index in [1.807, 2.05) is 13.8 Å². The van der Waals surface area contributed by atoms with Crippen molar-refractivity contribution >= 4 is 0 Å². The fourth-order valence-corrected chi connectivity index (χ4v) is 2.15. The summed E-state index contributed by atoms with van der Waals surface area (Å²) in [7, 11) is 0. The van der Waals surface area contributed by atoms with Crippen molar-refractivity contribution in [2.75, 3.05) is 6.54 Å². The highest BCUT2D eigenvalue weighted by Crippen LogP contribution is 2.32.